The average molecular weight is 297 g/mol. The quantitative estimate of drug-likeness (QED) is 0.932. The zero-order chi connectivity index (χ0) is 14.3. The maximum atomic E-state index is 13.9. The summed E-state index contributed by atoms with van der Waals surface area (Å²) in [6.07, 6.45) is 2.67. The first-order valence-corrected chi connectivity index (χ1v) is 7.45. The highest BCUT2D eigenvalue weighted by atomic mass is 35.5. The number of nitrogens with zero attached hydrogens (tertiary/aromatic N) is 1. The summed E-state index contributed by atoms with van der Waals surface area (Å²) in [4.78, 5) is 14.4. The number of hydrogen-bond acceptors (Lipinski definition) is 2. The third kappa shape index (κ3) is 2.31. The molecule has 3 rings (SSSR count). The van der Waals surface area contributed by atoms with Crippen LogP contribution in [-0.4, -0.2) is 29.9 Å². The molecule has 0 aromatic heterocycles. The molecule has 2 aliphatic rings. The second-order valence-corrected chi connectivity index (χ2v) is 6.05. The van der Waals surface area contributed by atoms with Crippen LogP contribution in [0.25, 0.3) is 0 Å². The van der Waals surface area contributed by atoms with Gasteiger partial charge in [0.2, 0.25) is 5.91 Å². The van der Waals surface area contributed by atoms with Crippen molar-refractivity contribution in [2.75, 3.05) is 13.1 Å². The lowest BCUT2D eigenvalue weighted by molar-refractivity contribution is -0.133. The van der Waals surface area contributed by atoms with Crippen molar-refractivity contribution < 1.29 is 9.18 Å². The highest BCUT2D eigenvalue weighted by Crippen LogP contribution is 2.51. The van der Waals surface area contributed by atoms with Gasteiger partial charge >= 0.3 is 0 Å². The van der Waals surface area contributed by atoms with Crippen LogP contribution in [0.4, 0.5) is 4.39 Å². The van der Waals surface area contributed by atoms with Crippen molar-refractivity contribution in [3.8, 4) is 0 Å². The van der Waals surface area contributed by atoms with Gasteiger partial charge in [-0.2, -0.15) is 0 Å². The van der Waals surface area contributed by atoms with Crippen LogP contribution in [0.2, 0.25) is 5.02 Å². The molecule has 0 bridgehead atoms. The highest BCUT2D eigenvalue weighted by molar-refractivity contribution is 6.31. The molecular weight excluding hydrogens is 279 g/mol. The van der Waals surface area contributed by atoms with Gasteiger partial charge in [0.15, 0.2) is 0 Å². The first-order chi connectivity index (χ1) is 9.63. The number of rotatable bonds is 3. The van der Waals surface area contributed by atoms with E-state index in [1.165, 1.54) is 6.07 Å². The van der Waals surface area contributed by atoms with Crippen molar-refractivity contribution in [3.05, 3.63) is 34.6 Å². The minimum atomic E-state index is -0.311. The van der Waals surface area contributed by atoms with Crippen LogP contribution in [0.15, 0.2) is 18.2 Å². The summed E-state index contributed by atoms with van der Waals surface area (Å²) in [6.45, 7) is 1.28. The molecule has 1 aromatic rings. The number of carbonyl (C=O) groups excluding carboxylic acids is 1. The van der Waals surface area contributed by atoms with Crippen LogP contribution in [-0.2, 0) is 4.79 Å². The largest absolute Gasteiger partial charge is 0.338 e. The molecule has 3 nitrogen and oxygen atoms in total. The lowest BCUT2D eigenvalue weighted by Gasteiger charge is -2.23. The van der Waals surface area contributed by atoms with E-state index in [9.17, 15) is 9.18 Å². The zero-order valence-electron chi connectivity index (χ0n) is 11.2. The lowest BCUT2D eigenvalue weighted by Crippen LogP contribution is -2.40. The van der Waals surface area contributed by atoms with Crippen LogP contribution >= 0.6 is 11.6 Å². The second-order valence-electron chi connectivity index (χ2n) is 5.65. The van der Waals surface area contributed by atoms with E-state index in [4.69, 9.17) is 17.3 Å². The molecule has 1 aliphatic heterocycles. The highest BCUT2D eigenvalue weighted by Gasteiger charge is 2.49. The summed E-state index contributed by atoms with van der Waals surface area (Å²) in [7, 11) is 0. The molecule has 1 saturated heterocycles. The van der Waals surface area contributed by atoms with Crippen molar-refractivity contribution in [2.24, 2.45) is 11.7 Å². The summed E-state index contributed by atoms with van der Waals surface area (Å²) in [5, 5.41) is 0.419. The molecule has 3 atom stereocenters. The van der Waals surface area contributed by atoms with Gasteiger partial charge in [-0.3, -0.25) is 4.79 Å². The van der Waals surface area contributed by atoms with E-state index in [-0.39, 0.29) is 29.6 Å². The molecule has 2 fully saturated rings. The average Bonchev–Trinajstić information content (AvgIpc) is 3.05. The van der Waals surface area contributed by atoms with E-state index in [1.807, 2.05) is 4.90 Å². The fraction of sp³-hybridized carbons (Fsp3) is 0.533. The zero-order valence-corrected chi connectivity index (χ0v) is 11.9. The van der Waals surface area contributed by atoms with Crippen LogP contribution in [0.5, 0.6) is 0 Å². The minimum absolute atomic E-state index is 0.0739. The first-order valence-electron chi connectivity index (χ1n) is 7.08. The van der Waals surface area contributed by atoms with Crippen molar-refractivity contribution in [1.82, 2.24) is 4.90 Å². The maximum absolute atomic E-state index is 13.9. The normalized spacial score (nSPS) is 28.8. The Hall–Kier alpha value is -1.13. The lowest BCUT2D eigenvalue weighted by atomic mass is 10.1. The Morgan fingerprint density at radius 2 is 2.30 bits per heavy atom. The summed E-state index contributed by atoms with van der Waals surface area (Å²) in [6, 6.07) is 4.82. The Bertz CT molecular complexity index is 516. The summed E-state index contributed by atoms with van der Waals surface area (Å²) in [5.41, 5.74) is 6.20. The molecule has 1 saturated carbocycles. The van der Waals surface area contributed by atoms with E-state index in [0.29, 0.717) is 23.6 Å². The first kappa shape index (κ1) is 13.8. The van der Waals surface area contributed by atoms with E-state index in [2.05, 4.69) is 0 Å². The van der Waals surface area contributed by atoms with E-state index in [0.717, 1.165) is 19.4 Å². The van der Waals surface area contributed by atoms with Gasteiger partial charge in [0, 0.05) is 41.6 Å². The second kappa shape index (κ2) is 5.34. The smallest absolute Gasteiger partial charge is 0.226 e. The molecule has 0 radical (unpaired) electrons. The fourth-order valence-electron chi connectivity index (χ4n) is 3.24. The van der Waals surface area contributed by atoms with Gasteiger partial charge in [-0.05, 0) is 31.4 Å². The molecule has 1 heterocycles. The molecule has 1 aliphatic carbocycles. The molecule has 0 unspecified atom stereocenters. The standard InChI is InChI=1S/C15H18ClFN2O/c16-12-4-1-5-13(17)14(12)10-7-11(10)15(20)19-6-2-3-9(19)8-18/h1,4-5,9-11H,2-3,6-8,18H2/t9-,10+,11+/m0/s1. The van der Waals surface area contributed by atoms with E-state index in [1.54, 1.807) is 12.1 Å². The van der Waals surface area contributed by atoms with Gasteiger partial charge in [0.1, 0.15) is 5.82 Å². The van der Waals surface area contributed by atoms with Crippen molar-refractivity contribution >= 4 is 17.5 Å². The van der Waals surface area contributed by atoms with Crippen LogP contribution in [0.1, 0.15) is 30.7 Å². The van der Waals surface area contributed by atoms with Gasteiger partial charge in [-0.1, -0.05) is 17.7 Å². The Labute approximate surface area is 122 Å². The predicted octanol–water partition coefficient (Wildman–Crippen LogP) is 2.53. The monoisotopic (exact) mass is 296 g/mol. The number of nitrogens with two attached hydrogens (primary N) is 1. The fourth-order valence-corrected chi connectivity index (χ4v) is 3.54. The molecule has 1 aromatic carbocycles. The summed E-state index contributed by atoms with van der Waals surface area (Å²) in [5.74, 6) is -0.399. The van der Waals surface area contributed by atoms with Crippen molar-refractivity contribution in [2.45, 2.75) is 31.2 Å². The molecular formula is C15H18ClFN2O. The van der Waals surface area contributed by atoms with Crippen LogP contribution in [0.3, 0.4) is 0 Å². The van der Waals surface area contributed by atoms with Crippen LogP contribution in [0, 0.1) is 11.7 Å². The van der Waals surface area contributed by atoms with E-state index >= 15 is 0 Å². The third-order valence-corrected chi connectivity index (χ3v) is 4.74. The molecule has 20 heavy (non-hydrogen) atoms. The number of likely N-dealkylation sites (tertiary alicyclic amines) is 1. The van der Waals surface area contributed by atoms with E-state index < -0.39 is 0 Å². The van der Waals surface area contributed by atoms with Gasteiger partial charge in [-0.15, -0.1) is 0 Å². The van der Waals surface area contributed by atoms with Gasteiger partial charge in [-0.25, -0.2) is 4.39 Å². The minimum Gasteiger partial charge on any atom is -0.338 e. The number of hydrogen-bond donors (Lipinski definition) is 1. The SMILES string of the molecule is NC[C@@H]1CCCN1C(=O)[C@@H]1C[C@H]1c1c(F)cccc1Cl. The summed E-state index contributed by atoms with van der Waals surface area (Å²) >= 11 is 6.07. The molecule has 0 spiro atoms. The number of carbonyl (C=O) groups is 1. The molecule has 2 N–H and O–H groups in total. The predicted molar refractivity (Wildman–Crippen MR) is 76.0 cm³/mol. The number of amides is 1. The molecule has 1 amide bonds. The molecule has 108 valence electrons. The number of benzene rings is 1. The third-order valence-electron chi connectivity index (χ3n) is 4.41. The Morgan fingerprint density at radius 1 is 1.50 bits per heavy atom. The van der Waals surface area contributed by atoms with Gasteiger partial charge in [0.05, 0.1) is 0 Å². The summed E-state index contributed by atoms with van der Waals surface area (Å²) < 4.78 is 13.9. The van der Waals surface area contributed by atoms with Crippen LogP contribution < -0.4 is 5.73 Å². The van der Waals surface area contributed by atoms with Crippen molar-refractivity contribution in [3.63, 3.8) is 0 Å². The van der Waals surface area contributed by atoms with Gasteiger partial charge < -0.3 is 10.6 Å². The maximum Gasteiger partial charge on any atom is 0.226 e. The van der Waals surface area contributed by atoms with Crippen molar-refractivity contribution in [1.29, 1.82) is 0 Å². The topological polar surface area (TPSA) is 46.3 Å². The Kier molecular flexibility index (Phi) is 3.69. The Morgan fingerprint density at radius 3 is 3.00 bits per heavy atom. The molecule has 5 heteroatoms. The number of halogens is 2. The Balaban J connectivity index is 1.74. The van der Waals surface area contributed by atoms with Gasteiger partial charge in [0.25, 0.3) is 0 Å².